The molecule has 0 amide bonds. The molecule has 8 N–H and O–H groups in total. The Morgan fingerprint density at radius 1 is 0.815 bits per heavy atom. The van der Waals surface area contributed by atoms with Crippen molar-refractivity contribution in [1.82, 2.24) is 9.97 Å². The van der Waals surface area contributed by atoms with E-state index < -0.39 is 23.4 Å². The lowest BCUT2D eigenvalue weighted by Crippen LogP contribution is -2.40. The largest absolute Gasteiger partial charge is 0.507 e. The quantitative estimate of drug-likeness (QED) is 0.0675. The highest BCUT2D eigenvalue weighted by Gasteiger charge is 2.45. The van der Waals surface area contributed by atoms with Gasteiger partial charge in [-0.1, -0.05) is 48.6 Å². The van der Waals surface area contributed by atoms with Gasteiger partial charge in [-0.25, -0.2) is 0 Å². The summed E-state index contributed by atoms with van der Waals surface area (Å²) in [4.78, 5) is 36.8. The van der Waals surface area contributed by atoms with Crippen LogP contribution in [-0.4, -0.2) is 78.5 Å². The molecule has 11 heteroatoms. The van der Waals surface area contributed by atoms with E-state index in [4.69, 9.17) is 4.74 Å². The predicted octanol–water partition coefficient (Wildman–Crippen LogP) is 8.25. The van der Waals surface area contributed by atoms with Crippen LogP contribution in [0.1, 0.15) is 119 Å². The van der Waals surface area contributed by atoms with Crippen molar-refractivity contribution in [3.63, 3.8) is 0 Å². The second-order valence-electron chi connectivity index (χ2n) is 18.7. The molecular formula is C54H61N3O8. The van der Waals surface area contributed by atoms with E-state index in [0.29, 0.717) is 61.8 Å². The molecule has 9 rings (SSSR count). The van der Waals surface area contributed by atoms with Crippen molar-refractivity contribution >= 4 is 29.5 Å². The van der Waals surface area contributed by atoms with Gasteiger partial charge in [0.15, 0.2) is 17.3 Å². The molecule has 0 unspecified atom stereocenters. The summed E-state index contributed by atoms with van der Waals surface area (Å²) in [6.07, 6.45) is 16.9. The van der Waals surface area contributed by atoms with E-state index in [0.717, 1.165) is 81.7 Å². The Balaban J connectivity index is 1.13. The first-order chi connectivity index (χ1) is 31.6. The number of anilines is 1. The number of rotatable bonds is 9. The number of hydrogen-bond donors (Lipinski definition) is 8. The predicted molar refractivity (Wildman–Crippen MR) is 251 cm³/mol. The van der Waals surface area contributed by atoms with Gasteiger partial charge in [0.1, 0.15) is 17.4 Å². The second-order valence-corrected chi connectivity index (χ2v) is 18.7. The molecule has 0 saturated heterocycles. The number of aromatic hydroxyl groups is 2. The van der Waals surface area contributed by atoms with Crippen molar-refractivity contribution in [3.05, 3.63) is 140 Å². The molecule has 1 fully saturated rings. The number of phenolic OH excluding ortho intramolecular Hbond substituents is 2. The Morgan fingerprint density at radius 3 is 2.48 bits per heavy atom. The van der Waals surface area contributed by atoms with Gasteiger partial charge in [-0.2, -0.15) is 0 Å². The third-order valence-electron chi connectivity index (χ3n) is 14.4. The minimum atomic E-state index is -1.36. The highest BCUT2D eigenvalue weighted by atomic mass is 16.5. The lowest BCUT2D eigenvalue weighted by atomic mass is 9.67. The first kappa shape index (κ1) is 44.3. The normalized spacial score (nSPS) is 22.6. The number of aliphatic hydroxyl groups excluding tert-OH is 2. The Labute approximate surface area is 380 Å². The molecule has 0 spiro atoms. The van der Waals surface area contributed by atoms with Crippen LogP contribution in [0.25, 0.3) is 12.2 Å². The molecule has 3 aliphatic carbocycles. The van der Waals surface area contributed by atoms with Crippen LogP contribution in [0.2, 0.25) is 0 Å². The van der Waals surface area contributed by atoms with E-state index in [2.05, 4.69) is 33.5 Å². The molecule has 11 nitrogen and oxygen atoms in total. The van der Waals surface area contributed by atoms with E-state index >= 15 is 4.79 Å². The summed E-state index contributed by atoms with van der Waals surface area (Å²) in [6, 6.07) is 19.6. The Morgan fingerprint density at radius 2 is 1.65 bits per heavy atom. The van der Waals surface area contributed by atoms with E-state index in [1.165, 1.54) is 0 Å². The van der Waals surface area contributed by atoms with Gasteiger partial charge in [-0.15, -0.1) is 0 Å². The smallest absolute Gasteiger partial charge is 0.161 e. The van der Waals surface area contributed by atoms with Gasteiger partial charge >= 0.3 is 0 Å². The van der Waals surface area contributed by atoms with E-state index in [-0.39, 0.29) is 68.2 Å². The maximum atomic E-state index is 15.5. The first-order valence-electron chi connectivity index (χ1n) is 23.5. The molecule has 3 heterocycles. The summed E-state index contributed by atoms with van der Waals surface area (Å²) in [5.74, 6) is -1.60. The summed E-state index contributed by atoms with van der Waals surface area (Å²) in [6.45, 7) is -0.0134. The Bertz CT molecular complexity index is 2600. The molecule has 4 bridgehead atoms. The number of aryl methyl sites for hydroxylation is 3. The number of phenols is 2. The van der Waals surface area contributed by atoms with Crippen molar-refractivity contribution in [2.45, 2.75) is 108 Å². The first-order valence-corrected chi connectivity index (χ1v) is 23.5. The van der Waals surface area contributed by atoms with Crippen molar-refractivity contribution in [1.29, 1.82) is 0 Å². The average molecular weight is 880 g/mol. The van der Waals surface area contributed by atoms with Crippen LogP contribution >= 0.6 is 0 Å². The fourth-order valence-electron chi connectivity index (χ4n) is 10.9. The van der Waals surface area contributed by atoms with Gasteiger partial charge in [0, 0.05) is 80.1 Å². The molecular weight excluding hydrogens is 819 g/mol. The summed E-state index contributed by atoms with van der Waals surface area (Å²) in [5.41, 5.74) is 8.45. The fraction of sp³-hybridized carbons (Fsp3) is 0.407. The maximum Gasteiger partial charge on any atom is 0.161 e. The third kappa shape index (κ3) is 9.60. The van der Waals surface area contributed by atoms with E-state index in [1.54, 1.807) is 24.3 Å². The monoisotopic (exact) mass is 879 g/mol. The van der Waals surface area contributed by atoms with E-state index in [9.17, 15) is 30.3 Å². The summed E-state index contributed by atoms with van der Waals surface area (Å²) in [7, 11) is 0. The topological polar surface area (TPSA) is 188 Å². The molecule has 0 radical (unpaired) electrons. The summed E-state index contributed by atoms with van der Waals surface area (Å²) >= 11 is 0. The molecule has 340 valence electrons. The van der Waals surface area contributed by atoms with Crippen molar-refractivity contribution in [2.75, 3.05) is 25.1 Å². The zero-order chi connectivity index (χ0) is 45.1. The molecule has 4 atom stereocenters. The van der Waals surface area contributed by atoms with Crippen molar-refractivity contribution < 1.29 is 39.9 Å². The van der Waals surface area contributed by atoms with Gasteiger partial charge in [-0.3, -0.25) is 9.59 Å². The standard InChI is InChI=1S/C54H61N3O8/c58-23-4-6-35-12-10-33-25-38(35)29-37-16-21-56-53(37)57-32-40-30-46-43(17-22-55-46)45(31-54(64)19-14-36-5-3-9-47(60)42(36)15-20-54)50(40)52(63)44(18-24-59)48(61)13-11-34-27-39(26-33)51(62)49(28-34)65-41-7-1-2-8-41/h3,5,9-10,12,15-17,20-22,25,27-28,30,41,44-45,50,55-60,62,64H,1-2,4,6-8,11,13-14,18-19,23-24,26,29,31-32H2/t44-,45+,50+,54-/m0/s1. The number of ketones is 2. The number of nitrogens with one attached hydrogen (secondary N) is 3. The van der Waals surface area contributed by atoms with Gasteiger partial charge in [0.25, 0.3) is 0 Å². The highest BCUT2D eigenvalue weighted by Crippen LogP contribution is 2.47. The van der Waals surface area contributed by atoms with Crippen LogP contribution in [0.5, 0.6) is 17.2 Å². The van der Waals surface area contributed by atoms with Crippen LogP contribution < -0.4 is 10.1 Å². The molecule has 3 aromatic carbocycles. The lowest BCUT2D eigenvalue weighted by Gasteiger charge is -2.38. The molecule has 1 aliphatic heterocycles. The van der Waals surface area contributed by atoms with Crippen LogP contribution in [-0.2, 0) is 41.7 Å². The van der Waals surface area contributed by atoms with Gasteiger partial charge < -0.3 is 45.6 Å². The van der Waals surface area contributed by atoms with Crippen LogP contribution in [0.4, 0.5) is 5.82 Å². The number of ether oxygens (including phenoxy) is 1. The van der Waals surface area contributed by atoms with Crippen LogP contribution in [0.15, 0.2) is 84.7 Å². The lowest BCUT2D eigenvalue weighted by molar-refractivity contribution is -0.135. The van der Waals surface area contributed by atoms with E-state index in [1.807, 2.05) is 48.8 Å². The van der Waals surface area contributed by atoms with Crippen molar-refractivity contribution in [2.24, 2.45) is 11.8 Å². The second kappa shape index (κ2) is 19.3. The van der Waals surface area contributed by atoms with Gasteiger partial charge in [-0.05, 0) is 145 Å². The number of carbonyl (C=O) groups excluding carboxylic acids is 2. The number of H-pyrrole nitrogens is 2. The number of benzene rings is 3. The number of aromatic amines is 2. The zero-order valence-corrected chi connectivity index (χ0v) is 37.0. The third-order valence-corrected chi connectivity index (χ3v) is 14.4. The van der Waals surface area contributed by atoms with Gasteiger partial charge in [0.05, 0.1) is 17.6 Å². The number of aliphatic hydroxyl groups is 3. The molecule has 65 heavy (non-hydrogen) atoms. The van der Waals surface area contributed by atoms with Gasteiger partial charge in [0.2, 0.25) is 0 Å². The summed E-state index contributed by atoms with van der Waals surface area (Å²) < 4.78 is 6.46. The number of fused-ring (bicyclic) bond motifs is 8. The maximum absolute atomic E-state index is 15.5. The highest BCUT2D eigenvalue weighted by molar-refractivity contribution is 6.05. The number of hydrogen-bond acceptors (Lipinski definition) is 9. The summed E-state index contributed by atoms with van der Waals surface area (Å²) in [5, 5.41) is 58.8. The molecule has 5 aromatic rings. The minimum absolute atomic E-state index is 0.00604. The fourth-order valence-corrected chi connectivity index (χ4v) is 10.9. The Hall–Kier alpha value is -5.88. The number of carbonyl (C=O) groups is 2. The Kier molecular flexibility index (Phi) is 13.2. The zero-order valence-electron chi connectivity index (χ0n) is 37.0. The number of Topliss-reactive ketones (excluding diaryl/α,β-unsaturated/α-hetero) is 2. The SMILES string of the molecule is O=C1CCc2cc(c(O)c(OC3CCCC3)c2)Cc2ccc(CCCO)c(c2)Cc2cc[nH]c2NCC2=Cc3[nH]ccc3[C@@H](C[C@@]3(O)C=Cc4c(O)cccc4CC3)[C@@H]2C(=O)[C@H]1CCO. The molecule has 4 aliphatic rings. The van der Waals surface area contributed by atoms with Crippen LogP contribution in [0, 0.1) is 11.8 Å². The van der Waals surface area contributed by atoms with Crippen molar-refractivity contribution in [3.8, 4) is 17.2 Å². The minimum Gasteiger partial charge on any atom is -0.507 e. The molecule has 2 aromatic heterocycles. The molecule has 1 saturated carbocycles. The average Bonchev–Trinajstić information content (AvgIpc) is 4.08. The van der Waals surface area contributed by atoms with Crippen LogP contribution in [0.3, 0.4) is 0 Å². The number of aromatic nitrogens is 2.